The molecule has 1 unspecified atom stereocenters. The molecule has 1 aliphatic heterocycles. The van der Waals surface area contributed by atoms with Crippen LogP contribution in [0.2, 0.25) is 0 Å². The second-order valence-electron chi connectivity index (χ2n) is 8.93. The van der Waals surface area contributed by atoms with Gasteiger partial charge in [-0.1, -0.05) is 60.7 Å². The van der Waals surface area contributed by atoms with E-state index in [1.807, 2.05) is 19.2 Å². The molecular weight excluding hydrogens is 432 g/mol. The standard InChI is InChI=1S/C26H28N4O4/c1-30(19-24(31)29-23-17-27-14-15-28-23)16-8-13-22(18-30)34-25(32)26(33,20-9-4-2-5-10-20)21-11-6-3-7-12-21/h2-7,9-12,14-15,17,22,33H,8,13,16,18-19H2,1H3/p+1/t22-,30?/m1/s1. The number of benzene rings is 2. The topological polar surface area (TPSA) is 101 Å². The summed E-state index contributed by atoms with van der Waals surface area (Å²) in [5.41, 5.74) is -1.03. The fourth-order valence-corrected chi connectivity index (χ4v) is 4.51. The lowest BCUT2D eigenvalue weighted by Crippen LogP contribution is -2.57. The Balaban J connectivity index is 1.47. The summed E-state index contributed by atoms with van der Waals surface area (Å²) in [6.45, 7) is 1.47. The maximum Gasteiger partial charge on any atom is 0.348 e. The van der Waals surface area contributed by atoms with Crippen LogP contribution in [0.4, 0.5) is 5.82 Å². The largest absolute Gasteiger partial charge is 0.454 e. The minimum Gasteiger partial charge on any atom is -0.454 e. The highest BCUT2D eigenvalue weighted by molar-refractivity contribution is 5.90. The molecule has 2 N–H and O–H groups in total. The van der Waals surface area contributed by atoms with Crippen molar-refractivity contribution in [1.29, 1.82) is 0 Å². The number of piperidine rings is 1. The number of nitrogens with zero attached hydrogens (tertiary/aromatic N) is 3. The minimum atomic E-state index is -1.92. The average Bonchev–Trinajstić information content (AvgIpc) is 2.85. The molecule has 0 spiro atoms. The first-order valence-electron chi connectivity index (χ1n) is 11.3. The molecule has 4 rings (SSSR count). The van der Waals surface area contributed by atoms with Gasteiger partial charge in [-0.15, -0.1) is 0 Å². The predicted octanol–water partition coefficient (Wildman–Crippen LogP) is 2.50. The van der Waals surface area contributed by atoms with Crippen LogP contribution >= 0.6 is 0 Å². The van der Waals surface area contributed by atoms with Crippen molar-refractivity contribution in [2.45, 2.75) is 24.5 Å². The Kier molecular flexibility index (Phi) is 7.00. The summed E-state index contributed by atoms with van der Waals surface area (Å²) >= 11 is 0. The van der Waals surface area contributed by atoms with Crippen molar-refractivity contribution in [3.63, 3.8) is 0 Å². The van der Waals surface area contributed by atoms with Gasteiger partial charge in [0.1, 0.15) is 6.54 Å². The molecule has 2 aromatic carbocycles. The van der Waals surface area contributed by atoms with Crippen LogP contribution in [0.15, 0.2) is 79.3 Å². The molecule has 176 valence electrons. The number of hydrogen-bond donors (Lipinski definition) is 2. The molecule has 0 bridgehead atoms. The molecular formula is C26H29N4O4+. The Morgan fingerprint density at radius 2 is 1.74 bits per heavy atom. The Morgan fingerprint density at radius 3 is 2.32 bits per heavy atom. The molecule has 1 amide bonds. The second-order valence-corrected chi connectivity index (χ2v) is 8.93. The van der Waals surface area contributed by atoms with Crippen molar-refractivity contribution in [1.82, 2.24) is 9.97 Å². The van der Waals surface area contributed by atoms with Crippen molar-refractivity contribution in [2.75, 3.05) is 32.0 Å². The highest BCUT2D eigenvalue weighted by Crippen LogP contribution is 2.32. The Morgan fingerprint density at radius 1 is 1.09 bits per heavy atom. The van der Waals surface area contributed by atoms with Gasteiger partial charge in [0.05, 0.1) is 19.8 Å². The van der Waals surface area contributed by atoms with Gasteiger partial charge >= 0.3 is 5.97 Å². The highest BCUT2D eigenvalue weighted by Gasteiger charge is 2.44. The van der Waals surface area contributed by atoms with Gasteiger partial charge in [-0.25, -0.2) is 9.78 Å². The summed E-state index contributed by atoms with van der Waals surface area (Å²) in [6.07, 6.45) is 5.59. The lowest BCUT2D eigenvalue weighted by Gasteiger charge is -2.41. The van der Waals surface area contributed by atoms with Crippen LogP contribution in [0.25, 0.3) is 0 Å². The van der Waals surface area contributed by atoms with E-state index in [0.29, 0.717) is 34.4 Å². The maximum absolute atomic E-state index is 13.4. The van der Waals surface area contributed by atoms with Crippen LogP contribution in [0, 0.1) is 0 Å². The molecule has 1 fully saturated rings. The first kappa shape index (κ1) is 23.5. The number of likely N-dealkylation sites (tertiary alicyclic amines) is 1. The van der Waals surface area contributed by atoms with E-state index in [4.69, 9.17) is 4.74 Å². The first-order valence-corrected chi connectivity index (χ1v) is 11.3. The SMILES string of the molecule is C[N+]1(CC(=O)Nc2cnccn2)CCC[C@@H](OC(=O)C(O)(c2ccccc2)c2ccccc2)C1. The molecule has 2 atom stereocenters. The van der Waals surface area contributed by atoms with E-state index in [2.05, 4.69) is 15.3 Å². The molecule has 0 saturated carbocycles. The first-order chi connectivity index (χ1) is 16.4. The number of nitrogens with one attached hydrogen (secondary N) is 1. The van der Waals surface area contributed by atoms with E-state index in [9.17, 15) is 14.7 Å². The van der Waals surface area contributed by atoms with E-state index in [-0.39, 0.29) is 12.5 Å². The molecule has 1 aromatic heterocycles. The summed E-state index contributed by atoms with van der Waals surface area (Å²) in [4.78, 5) is 34.1. The number of hydrogen-bond acceptors (Lipinski definition) is 6. The van der Waals surface area contributed by atoms with Crippen LogP contribution < -0.4 is 5.32 Å². The highest BCUT2D eigenvalue weighted by atomic mass is 16.6. The quantitative estimate of drug-likeness (QED) is 0.414. The van der Waals surface area contributed by atoms with Crippen LogP contribution in [-0.2, 0) is 19.9 Å². The van der Waals surface area contributed by atoms with Gasteiger partial charge in [-0.2, -0.15) is 0 Å². The second kappa shape index (κ2) is 10.1. The van der Waals surface area contributed by atoms with Crippen molar-refractivity contribution < 1.29 is 23.9 Å². The van der Waals surface area contributed by atoms with Gasteiger partial charge < -0.3 is 19.6 Å². The Bertz CT molecular complexity index is 1070. The number of carbonyl (C=O) groups excluding carboxylic acids is 2. The number of likely N-dealkylation sites (N-methyl/N-ethyl adjacent to an activating group) is 1. The number of quaternary nitrogens is 1. The third kappa shape index (κ3) is 5.30. The van der Waals surface area contributed by atoms with Gasteiger partial charge in [-0.05, 0) is 17.5 Å². The van der Waals surface area contributed by atoms with Gasteiger partial charge in [0, 0.05) is 18.8 Å². The van der Waals surface area contributed by atoms with Crippen LogP contribution in [0.1, 0.15) is 24.0 Å². The molecule has 3 aromatic rings. The third-order valence-electron chi connectivity index (χ3n) is 6.18. The normalized spacial score (nSPS) is 20.4. The predicted molar refractivity (Wildman–Crippen MR) is 126 cm³/mol. The van der Waals surface area contributed by atoms with Crippen molar-refractivity contribution in [3.05, 3.63) is 90.4 Å². The van der Waals surface area contributed by atoms with Crippen molar-refractivity contribution in [3.8, 4) is 0 Å². The lowest BCUT2D eigenvalue weighted by atomic mass is 9.86. The monoisotopic (exact) mass is 461 g/mol. The zero-order valence-corrected chi connectivity index (χ0v) is 19.1. The fourth-order valence-electron chi connectivity index (χ4n) is 4.51. The van der Waals surface area contributed by atoms with Gasteiger partial charge in [-0.3, -0.25) is 9.78 Å². The molecule has 8 heteroatoms. The molecule has 2 heterocycles. The Labute approximate surface area is 198 Å². The number of aliphatic hydroxyl groups is 1. The average molecular weight is 462 g/mol. The Hall–Kier alpha value is -3.62. The summed E-state index contributed by atoms with van der Waals surface area (Å²) < 4.78 is 6.32. The molecule has 0 aliphatic carbocycles. The summed E-state index contributed by atoms with van der Waals surface area (Å²) in [5.74, 6) is -0.498. The number of ether oxygens (including phenoxy) is 1. The number of amides is 1. The zero-order chi connectivity index (χ0) is 24.0. The van der Waals surface area contributed by atoms with E-state index in [0.717, 1.165) is 13.0 Å². The number of rotatable bonds is 7. The van der Waals surface area contributed by atoms with Gasteiger partial charge in [0.15, 0.2) is 18.5 Å². The van der Waals surface area contributed by atoms with Crippen molar-refractivity contribution >= 4 is 17.7 Å². The summed E-state index contributed by atoms with van der Waals surface area (Å²) in [5, 5.41) is 14.4. The lowest BCUT2D eigenvalue weighted by molar-refractivity contribution is -0.909. The van der Waals surface area contributed by atoms with Crippen LogP contribution in [-0.4, -0.2) is 64.2 Å². The third-order valence-corrected chi connectivity index (χ3v) is 6.18. The molecule has 1 saturated heterocycles. The maximum atomic E-state index is 13.4. The van der Waals surface area contributed by atoms with E-state index < -0.39 is 17.7 Å². The smallest absolute Gasteiger partial charge is 0.348 e. The van der Waals surface area contributed by atoms with E-state index in [1.165, 1.54) is 12.4 Å². The fraction of sp³-hybridized carbons (Fsp3) is 0.308. The molecule has 1 aliphatic rings. The van der Waals surface area contributed by atoms with E-state index in [1.54, 1.807) is 54.7 Å². The van der Waals surface area contributed by atoms with Crippen LogP contribution in [0.3, 0.4) is 0 Å². The number of carbonyl (C=O) groups is 2. The van der Waals surface area contributed by atoms with E-state index >= 15 is 0 Å². The summed E-state index contributed by atoms with van der Waals surface area (Å²) in [7, 11) is 1.97. The zero-order valence-electron chi connectivity index (χ0n) is 19.1. The number of aromatic nitrogens is 2. The molecule has 8 nitrogen and oxygen atoms in total. The molecule has 34 heavy (non-hydrogen) atoms. The summed E-state index contributed by atoms with van der Waals surface area (Å²) in [6, 6.07) is 17.6. The van der Waals surface area contributed by atoms with Crippen LogP contribution in [0.5, 0.6) is 0 Å². The molecule has 0 radical (unpaired) electrons. The van der Waals surface area contributed by atoms with Gasteiger partial charge in [0.2, 0.25) is 5.60 Å². The van der Waals surface area contributed by atoms with Gasteiger partial charge in [0.25, 0.3) is 5.91 Å². The van der Waals surface area contributed by atoms with Crippen molar-refractivity contribution in [2.24, 2.45) is 0 Å². The minimum absolute atomic E-state index is 0.181. The number of esters is 1. The number of anilines is 1.